The lowest BCUT2D eigenvalue weighted by atomic mass is 10.1. The molecule has 8 nitrogen and oxygen atoms in total. The van der Waals surface area contributed by atoms with Crippen LogP contribution in [-0.2, 0) is 6.54 Å². The van der Waals surface area contributed by atoms with Gasteiger partial charge in [-0.3, -0.25) is 14.7 Å². The van der Waals surface area contributed by atoms with Gasteiger partial charge in [-0.1, -0.05) is 24.3 Å². The van der Waals surface area contributed by atoms with Crippen molar-refractivity contribution in [3.63, 3.8) is 0 Å². The molecule has 1 N–H and O–H groups in total. The minimum Gasteiger partial charge on any atom is -0.290 e. The minimum atomic E-state index is -0.291. The largest absolute Gasteiger partial charge is 0.290 e. The molecule has 0 fully saturated rings. The number of fused-ring (bicyclic) bond motifs is 1. The number of carbonyl (C=O) groups excluding carboxylic acids is 1. The van der Waals surface area contributed by atoms with Crippen molar-refractivity contribution in [1.29, 1.82) is 0 Å². The first-order valence-electron chi connectivity index (χ1n) is 9.42. The zero-order chi connectivity index (χ0) is 20.5. The van der Waals surface area contributed by atoms with Gasteiger partial charge in [0.25, 0.3) is 5.91 Å². The van der Waals surface area contributed by atoms with E-state index in [9.17, 15) is 4.79 Å². The fourth-order valence-corrected chi connectivity index (χ4v) is 3.97. The second-order valence-corrected chi connectivity index (χ2v) is 7.49. The average Bonchev–Trinajstić information content (AvgIpc) is 3.54. The lowest BCUT2D eigenvalue weighted by Gasteiger charge is -2.10. The molecule has 0 radical (unpaired) electrons. The molecule has 1 aromatic carbocycles. The summed E-state index contributed by atoms with van der Waals surface area (Å²) in [5.41, 5.74) is 2.77. The van der Waals surface area contributed by atoms with Crippen LogP contribution in [0.5, 0.6) is 0 Å². The summed E-state index contributed by atoms with van der Waals surface area (Å²) in [6, 6.07) is 15.4. The number of hydrogen-bond acceptors (Lipinski definition) is 6. The van der Waals surface area contributed by atoms with Crippen LogP contribution in [0.15, 0.2) is 66.4 Å². The number of thiophene rings is 1. The summed E-state index contributed by atoms with van der Waals surface area (Å²) in [6.07, 6.45) is 3.25. The summed E-state index contributed by atoms with van der Waals surface area (Å²) in [5.74, 6) is 0.0535. The number of aromatic nitrogens is 6. The molecule has 5 rings (SSSR count). The van der Waals surface area contributed by atoms with Gasteiger partial charge in [0.15, 0.2) is 5.65 Å². The Balaban J connectivity index is 1.58. The van der Waals surface area contributed by atoms with Crippen molar-refractivity contribution >= 4 is 34.2 Å². The molecular formula is C21H17N7OS. The number of nitrogens with zero attached hydrogens (tertiary/aromatic N) is 6. The highest BCUT2D eigenvalue weighted by Crippen LogP contribution is 2.28. The van der Waals surface area contributed by atoms with E-state index < -0.39 is 0 Å². The SMILES string of the molecule is CCn1ncc2c(C(=O)Nc3nncn3-c3ccccc3)cc(-c3cccs3)nc21. The van der Waals surface area contributed by atoms with Gasteiger partial charge in [0.05, 0.1) is 33.4 Å². The average molecular weight is 415 g/mol. The number of carbonyl (C=O) groups is 1. The Morgan fingerprint density at radius 2 is 2.03 bits per heavy atom. The molecule has 9 heteroatoms. The summed E-state index contributed by atoms with van der Waals surface area (Å²) >= 11 is 1.58. The highest BCUT2D eigenvalue weighted by molar-refractivity contribution is 7.13. The lowest BCUT2D eigenvalue weighted by Crippen LogP contribution is -2.16. The van der Waals surface area contributed by atoms with E-state index in [4.69, 9.17) is 4.98 Å². The predicted molar refractivity (Wildman–Crippen MR) is 116 cm³/mol. The zero-order valence-electron chi connectivity index (χ0n) is 16.1. The maximum Gasteiger partial charge on any atom is 0.258 e. The van der Waals surface area contributed by atoms with Crippen LogP contribution in [0.1, 0.15) is 17.3 Å². The third kappa shape index (κ3) is 3.15. The third-order valence-electron chi connectivity index (χ3n) is 4.73. The standard InChI is InChI=1S/C21H17N7OS/c1-2-28-19-16(12-23-28)15(11-17(24-19)18-9-6-10-30-18)20(29)25-21-26-22-13-27(21)14-7-4-3-5-8-14/h3-13H,2H2,1H3,(H,25,26,29). The van der Waals surface area contributed by atoms with Crippen LogP contribution in [0.25, 0.3) is 27.3 Å². The van der Waals surface area contributed by atoms with Crippen LogP contribution in [0.2, 0.25) is 0 Å². The molecule has 0 atom stereocenters. The maximum absolute atomic E-state index is 13.3. The van der Waals surface area contributed by atoms with E-state index in [1.165, 1.54) is 0 Å². The first-order chi connectivity index (χ1) is 14.7. The highest BCUT2D eigenvalue weighted by Gasteiger charge is 2.19. The molecule has 4 heterocycles. The number of anilines is 1. The monoisotopic (exact) mass is 415 g/mol. The van der Waals surface area contributed by atoms with Crippen molar-refractivity contribution in [2.75, 3.05) is 5.32 Å². The van der Waals surface area contributed by atoms with Gasteiger partial charge < -0.3 is 0 Å². The van der Waals surface area contributed by atoms with Gasteiger partial charge >= 0.3 is 0 Å². The summed E-state index contributed by atoms with van der Waals surface area (Å²) in [6.45, 7) is 2.65. The van der Waals surface area contributed by atoms with E-state index in [1.54, 1.807) is 39.2 Å². The summed E-state index contributed by atoms with van der Waals surface area (Å²) < 4.78 is 3.52. The minimum absolute atomic E-state index is 0.291. The van der Waals surface area contributed by atoms with Crippen molar-refractivity contribution in [3.8, 4) is 16.3 Å². The number of hydrogen-bond donors (Lipinski definition) is 1. The maximum atomic E-state index is 13.3. The molecule has 5 aromatic rings. The first kappa shape index (κ1) is 18.2. The molecule has 0 aliphatic carbocycles. The van der Waals surface area contributed by atoms with Gasteiger partial charge in [-0.05, 0) is 36.6 Å². The molecule has 0 aliphatic heterocycles. The Kier molecular flexibility index (Phi) is 4.56. The van der Waals surface area contributed by atoms with Crippen LogP contribution in [0.4, 0.5) is 5.95 Å². The van der Waals surface area contributed by atoms with Gasteiger partial charge in [-0.2, -0.15) is 5.10 Å². The van der Waals surface area contributed by atoms with Gasteiger partial charge in [0, 0.05) is 6.54 Å². The van der Waals surface area contributed by atoms with Gasteiger partial charge in [-0.25, -0.2) is 9.67 Å². The summed E-state index contributed by atoms with van der Waals surface area (Å²) in [4.78, 5) is 19.0. The van der Waals surface area contributed by atoms with E-state index in [-0.39, 0.29) is 5.91 Å². The quantitative estimate of drug-likeness (QED) is 0.468. The second-order valence-electron chi connectivity index (χ2n) is 6.54. The van der Waals surface area contributed by atoms with E-state index in [2.05, 4.69) is 20.6 Å². The van der Waals surface area contributed by atoms with Crippen molar-refractivity contribution < 1.29 is 4.79 Å². The van der Waals surface area contributed by atoms with Crippen molar-refractivity contribution in [2.24, 2.45) is 0 Å². The van der Waals surface area contributed by atoms with Crippen LogP contribution in [-0.4, -0.2) is 35.4 Å². The molecule has 0 spiro atoms. The molecule has 4 aromatic heterocycles. The topological polar surface area (TPSA) is 90.5 Å². The molecule has 0 unspecified atom stereocenters. The van der Waals surface area contributed by atoms with Crippen molar-refractivity contribution in [1.82, 2.24) is 29.5 Å². The van der Waals surface area contributed by atoms with E-state index in [0.717, 1.165) is 16.3 Å². The predicted octanol–water partition coefficient (Wildman–Crippen LogP) is 4.01. The number of para-hydroxylation sites is 1. The van der Waals surface area contributed by atoms with Gasteiger partial charge in [0.1, 0.15) is 6.33 Å². The third-order valence-corrected chi connectivity index (χ3v) is 5.63. The number of nitrogens with one attached hydrogen (secondary N) is 1. The highest BCUT2D eigenvalue weighted by atomic mass is 32.1. The molecular weight excluding hydrogens is 398 g/mol. The van der Waals surface area contributed by atoms with Gasteiger partial charge in [-0.15, -0.1) is 21.5 Å². The molecule has 0 saturated heterocycles. The number of aryl methyl sites for hydroxylation is 1. The first-order valence-corrected chi connectivity index (χ1v) is 10.3. The molecule has 1 amide bonds. The van der Waals surface area contributed by atoms with Crippen LogP contribution < -0.4 is 5.32 Å². The van der Waals surface area contributed by atoms with E-state index in [1.807, 2.05) is 54.8 Å². The fourth-order valence-electron chi connectivity index (χ4n) is 3.28. The number of amides is 1. The molecule has 0 bridgehead atoms. The van der Waals surface area contributed by atoms with Gasteiger partial charge in [0.2, 0.25) is 5.95 Å². The number of benzene rings is 1. The number of rotatable bonds is 5. The fraction of sp³-hybridized carbons (Fsp3) is 0.0952. The molecule has 30 heavy (non-hydrogen) atoms. The van der Waals surface area contributed by atoms with Crippen LogP contribution in [0, 0.1) is 0 Å². The van der Waals surface area contributed by atoms with E-state index in [0.29, 0.717) is 29.1 Å². The summed E-state index contributed by atoms with van der Waals surface area (Å²) in [7, 11) is 0. The van der Waals surface area contributed by atoms with E-state index >= 15 is 0 Å². The molecule has 148 valence electrons. The smallest absolute Gasteiger partial charge is 0.258 e. The van der Waals surface area contributed by atoms with Crippen LogP contribution >= 0.6 is 11.3 Å². The summed E-state index contributed by atoms with van der Waals surface area (Å²) in [5, 5.41) is 18.0. The number of pyridine rings is 1. The van der Waals surface area contributed by atoms with Crippen LogP contribution in [0.3, 0.4) is 0 Å². The second kappa shape index (κ2) is 7.53. The Hall–Kier alpha value is -3.85. The Morgan fingerprint density at radius 1 is 1.17 bits per heavy atom. The Bertz CT molecular complexity index is 1320. The Labute approximate surface area is 175 Å². The molecule has 0 aliphatic rings. The zero-order valence-corrected chi connectivity index (χ0v) is 16.9. The molecule has 0 saturated carbocycles. The Morgan fingerprint density at radius 3 is 2.80 bits per heavy atom. The lowest BCUT2D eigenvalue weighted by molar-refractivity contribution is 0.102. The van der Waals surface area contributed by atoms with Crippen molar-refractivity contribution in [3.05, 3.63) is 72.0 Å². The normalized spacial score (nSPS) is 11.1. The van der Waals surface area contributed by atoms with Crippen molar-refractivity contribution in [2.45, 2.75) is 13.5 Å².